The number of carbonyl (C=O) groups excluding carboxylic acids is 1. The lowest BCUT2D eigenvalue weighted by Gasteiger charge is -2.13. The van der Waals surface area contributed by atoms with Crippen molar-refractivity contribution in [2.75, 3.05) is 31.4 Å². The van der Waals surface area contributed by atoms with Crippen LogP contribution in [0, 0.1) is 0 Å². The van der Waals surface area contributed by atoms with E-state index in [9.17, 15) is 13.2 Å². The zero-order chi connectivity index (χ0) is 18.6. The zero-order valence-corrected chi connectivity index (χ0v) is 15.1. The van der Waals surface area contributed by atoms with Crippen LogP contribution in [0.1, 0.15) is 0 Å². The fourth-order valence-corrected chi connectivity index (χ4v) is 3.09. The lowest BCUT2D eigenvalue weighted by molar-refractivity contribution is 0.256. The van der Waals surface area contributed by atoms with Gasteiger partial charge >= 0.3 is 12.0 Å². The van der Waals surface area contributed by atoms with Gasteiger partial charge in [-0.15, -0.1) is 0 Å². The van der Waals surface area contributed by atoms with Gasteiger partial charge in [0.25, 0.3) is 10.0 Å². The van der Waals surface area contributed by atoms with Crippen LogP contribution in [0.5, 0.6) is 6.01 Å². The molecule has 0 atom stereocenters. The highest BCUT2D eigenvalue weighted by Crippen LogP contribution is 2.20. The quantitative estimate of drug-likeness (QED) is 0.782. The molecule has 2 rings (SSSR count). The molecule has 0 aliphatic carbocycles. The second-order valence-electron chi connectivity index (χ2n) is 4.83. The zero-order valence-electron chi connectivity index (χ0n) is 13.5. The fraction of sp³-hybridized carbons (Fsp3) is 0.231. The number of hydrogen-bond donors (Lipinski definition) is 2. The minimum atomic E-state index is -4.16. The molecule has 134 valence electrons. The van der Waals surface area contributed by atoms with E-state index in [1.165, 1.54) is 25.3 Å². The summed E-state index contributed by atoms with van der Waals surface area (Å²) < 4.78 is 31.2. The summed E-state index contributed by atoms with van der Waals surface area (Å²) in [5.74, 6) is 0.0403. The minimum Gasteiger partial charge on any atom is -0.467 e. The summed E-state index contributed by atoms with van der Waals surface area (Å²) in [6.07, 6.45) is 0. The first-order valence-corrected chi connectivity index (χ1v) is 8.65. The molecule has 0 aliphatic heterocycles. The predicted octanol–water partition coefficient (Wildman–Crippen LogP) is 1.11. The third-order valence-corrected chi connectivity index (χ3v) is 4.60. The highest BCUT2D eigenvalue weighted by molar-refractivity contribution is 7.90. The average molecular weight is 387 g/mol. The molecule has 2 aromatic rings. The van der Waals surface area contributed by atoms with Crippen LogP contribution in [0.4, 0.5) is 16.7 Å². The Kier molecular flexibility index (Phi) is 5.59. The smallest absolute Gasteiger partial charge is 0.335 e. The Balaban J connectivity index is 2.20. The van der Waals surface area contributed by atoms with Gasteiger partial charge in [0, 0.05) is 14.1 Å². The molecule has 0 radical (unpaired) electrons. The van der Waals surface area contributed by atoms with Gasteiger partial charge in [0.15, 0.2) is 0 Å². The molecule has 0 aliphatic rings. The van der Waals surface area contributed by atoms with Crippen LogP contribution >= 0.6 is 11.6 Å². The van der Waals surface area contributed by atoms with Crippen molar-refractivity contribution in [3.63, 3.8) is 0 Å². The Morgan fingerprint density at radius 2 is 1.88 bits per heavy atom. The van der Waals surface area contributed by atoms with E-state index in [1.807, 2.05) is 4.72 Å². The number of anilines is 2. The molecule has 0 bridgehead atoms. The molecule has 10 nitrogen and oxygen atoms in total. The molecule has 25 heavy (non-hydrogen) atoms. The fourth-order valence-electron chi connectivity index (χ4n) is 1.66. The van der Waals surface area contributed by atoms with Gasteiger partial charge < -0.3 is 9.64 Å². The third-order valence-electron chi connectivity index (χ3n) is 2.76. The maximum Gasteiger partial charge on any atom is 0.335 e. The molecule has 1 aromatic heterocycles. The SMILES string of the molecule is COc1nc(NC(=O)NS(=O)(=O)c2ccccc2Cl)nc(N(C)C)n1. The summed E-state index contributed by atoms with van der Waals surface area (Å²) in [4.78, 5) is 25.1. The van der Waals surface area contributed by atoms with E-state index < -0.39 is 16.1 Å². The second kappa shape index (κ2) is 7.49. The summed E-state index contributed by atoms with van der Waals surface area (Å²) in [7, 11) is 0.551. The Bertz CT molecular complexity index is 890. The first-order valence-electron chi connectivity index (χ1n) is 6.78. The first-order chi connectivity index (χ1) is 11.7. The summed E-state index contributed by atoms with van der Waals surface area (Å²) in [6, 6.07) is 4.63. The van der Waals surface area contributed by atoms with Crippen molar-refractivity contribution in [2.24, 2.45) is 0 Å². The molecular weight excluding hydrogens is 372 g/mol. The van der Waals surface area contributed by atoms with Crippen LogP contribution in [-0.2, 0) is 10.0 Å². The molecule has 2 N–H and O–H groups in total. The van der Waals surface area contributed by atoms with Gasteiger partial charge in [0.1, 0.15) is 4.90 Å². The highest BCUT2D eigenvalue weighted by Gasteiger charge is 2.21. The summed E-state index contributed by atoms with van der Waals surface area (Å²) in [5, 5.41) is 2.20. The molecule has 12 heteroatoms. The van der Waals surface area contributed by atoms with Gasteiger partial charge in [0.2, 0.25) is 11.9 Å². The number of methoxy groups -OCH3 is 1. The number of aromatic nitrogens is 3. The number of rotatable bonds is 5. The maximum atomic E-state index is 12.2. The van der Waals surface area contributed by atoms with Crippen LogP contribution in [0.2, 0.25) is 5.02 Å². The predicted molar refractivity (Wildman–Crippen MR) is 91.5 cm³/mol. The van der Waals surface area contributed by atoms with Gasteiger partial charge in [-0.2, -0.15) is 15.0 Å². The van der Waals surface area contributed by atoms with Gasteiger partial charge in [-0.05, 0) is 12.1 Å². The molecule has 0 fully saturated rings. The molecule has 2 amide bonds. The Morgan fingerprint density at radius 3 is 2.48 bits per heavy atom. The van der Waals surface area contributed by atoms with Crippen molar-refractivity contribution >= 4 is 39.6 Å². The summed E-state index contributed by atoms with van der Waals surface area (Å²) in [6.45, 7) is 0. The monoisotopic (exact) mass is 386 g/mol. The van der Waals surface area contributed by atoms with Crippen molar-refractivity contribution in [2.45, 2.75) is 4.90 Å². The second-order valence-corrected chi connectivity index (χ2v) is 6.89. The van der Waals surface area contributed by atoms with E-state index >= 15 is 0 Å². The van der Waals surface area contributed by atoms with E-state index in [0.717, 1.165) is 0 Å². The van der Waals surface area contributed by atoms with Crippen LogP contribution in [0.15, 0.2) is 29.2 Å². The van der Waals surface area contributed by atoms with E-state index in [2.05, 4.69) is 20.3 Å². The van der Waals surface area contributed by atoms with E-state index in [-0.39, 0.29) is 27.8 Å². The lowest BCUT2D eigenvalue weighted by atomic mass is 10.4. The molecule has 0 saturated carbocycles. The number of nitrogens with zero attached hydrogens (tertiary/aromatic N) is 4. The van der Waals surface area contributed by atoms with Gasteiger partial charge in [-0.1, -0.05) is 23.7 Å². The Labute approximate surface area is 149 Å². The molecule has 0 spiro atoms. The number of benzene rings is 1. The van der Waals surface area contributed by atoms with Gasteiger partial charge in [0.05, 0.1) is 12.1 Å². The van der Waals surface area contributed by atoms with Gasteiger partial charge in [-0.3, -0.25) is 5.32 Å². The normalized spacial score (nSPS) is 10.9. The topological polar surface area (TPSA) is 126 Å². The molecule has 1 heterocycles. The first kappa shape index (κ1) is 18.7. The number of sulfonamides is 1. The number of halogens is 1. The molecule has 1 aromatic carbocycles. The van der Waals surface area contributed by atoms with Crippen molar-refractivity contribution in [3.8, 4) is 6.01 Å². The Hall–Kier alpha value is -2.66. The third kappa shape index (κ3) is 4.67. The standard InChI is InChI=1S/C13H15ClN6O4S/c1-20(2)11-15-10(17-13(18-11)24-3)16-12(21)19-25(22,23)9-7-5-4-6-8(9)14/h4-7H,1-3H3,(H2,15,16,17,18,19,21). The average Bonchev–Trinajstić information content (AvgIpc) is 2.53. The number of urea groups is 1. The summed E-state index contributed by atoms with van der Waals surface area (Å²) >= 11 is 5.84. The van der Waals surface area contributed by atoms with Gasteiger partial charge in [-0.25, -0.2) is 17.9 Å². The minimum absolute atomic E-state index is 0.0143. The highest BCUT2D eigenvalue weighted by atomic mass is 35.5. The number of hydrogen-bond acceptors (Lipinski definition) is 8. The van der Waals surface area contributed by atoms with Crippen molar-refractivity contribution < 1.29 is 17.9 Å². The van der Waals surface area contributed by atoms with Crippen LogP contribution < -0.4 is 19.7 Å². The number of amides is 2. The van der Waals surface area contributed by atoms with Crippen LogP contribution in [-0.4, -0.2) is 50.6 Å². The largest absolute Gasteiger partial charge is 0.467 e. The number of ether oxygens (including phenoxy) is 1. The van der Waals surface area contributed by atoms with Crippen molar-refractivity contribution in [3.05, 3.63) is 29.3 Å². The van der Waals surface area contributed by atoms with E-state index in [1.54, 1.807) is 25.1 Å². The number of nitrogens with one attached hydrogen (secondary N) is 2. The molecule has 0 saturated heterocycles. The Morgan fingerprint density at radius 1 is 1.20 bits per heavy atom. The summed E-state index contributed by atoms with van der Waals surface area (Å²) in [5.41, 5.74) is 0. The van der Waals surface area contributed by atoms with Crippen LogP contribution in [0.3, 0.4) is 0 Å². The van der Waals surface area contributed by atoms with E-state index in [0.29, 0.717) is 0 Å². The van der Waals surface area contributed by atoms with Crippen molar-refractivity contribution in [1.82, 2.24) is 19.7 Å². The van der Waals surface area contributed by atoms with E-state index in [4.69, 9.17) is 16.3 Å². The molecular formula is C13H15ClN6O4S. The number of carbonyl (C=O) groups is 1. The molecule has 0 unspecified atom stereocenters. The van der Waals surface area contributed by atoms with Crippen LogP contribution in [0.25, 0.3) is 0 Å². The lowest BCUT2D eigenvalue weighted by Crippen LogP contribution is -2.35. The van der Waals surface area contributed by atoms with Crippen molar-refractivity contribution in [1.29, 1.82) is 0 Å². The maximum absolute atomic E-state index is 12.2.